The predicted octanol–water partition coefficient (Wildman–Crippen LogP) is 1.41. The van der Waals surface area contributed by atoms with E-state index >= 15 is 0 Å². The topological polar surface area (TPSA) is 133 Å². The van der Waals surface area contributed by atoms with Gasteiger partial charge in [0.2, 0.25) is 11.0 Å². The molecule has 126 valence electrons. The molecule has 2 rings (SSSR count). The van der Waals surface area contributed by atoms with E-state index in [0.29, 0.717) is 28.7 Å². The molecule has 2 aromatic rings. The van der Waals surface area contributed by atoms with Gasteiger partial charge in [-0.15, -0.1) is 11.3 Å². The Kier molecular flexibility index (Phi) is 5.85. The number of nitrogens with one attached hydrogen (secondary N) is 1. The zero-order valence-electron chi connectivity index (χ0n) is 13.0. The highest BCUT2D eigenvalue weighted by Gasteiger charge is 2.10. The fourth-order valence-electron chi connectivity index (χ4n) is 1.81. The van der Waals surface area contributed by atoms with E-state index in [2.05, 4.69) is 15.3 Å². The van der Waals surface area contributed by atoms with Gasteiger partial charge in [0.1, 0.15) is 0 Å². The standard InChI is InChI=1S/C15H17N5O3S/c1-2-23-13(22)9-3-5-10(6-4-9)18-12(21)7-11-8-24-15(19-11)20-14(16)17/h3-6,8H,2,7H2,1H3,(H,18,21)(H4,16,17,19,20). The van der Waals surface area contributed by atoms with Gasteiger partial charge in [-0.3, -0.25) is 4.79 Å². The van der Waals surface area contributed by atoms with Crippen LogP contribution in [0.5, 0.6) is 0 Å². The van der Waals surface area contributed by atoms with E-state index in [0.717, 1.165) is 0 Å². The molecule has 1 aromatic heterocycles. The second-order valence-corrected chi connectivity index (χ2v) is 5.52. The van der Waals surface area contributed by atoms with Crippen molar-refractivity contribution < 1.29 is 14.3 Å². The molecule has 1 amide bonds. The Labute approximate surface area is 142 Å². The number of nitrogens with two attached hydrogens (primary N) is 2. The van der Waals surface area contributed by atoms with Crippen LogP contribution >= 0.6 is 11.3 Å². The third-order valence-electron chi connectivity index (χ3n) is 2.79. The van der Waals surface area contributed by atoms with E-state index in [9.17, 15) is 9.59 Å². The van der Waals surface area contributed by atoms with Crippen LogP contribution in [0, 0.1) is 0 Å². The summed E-state index contributed by atoms with van der Waals surface area (Å²) in [6.07, 6.45) is 0.0934. The Balaban J connectivity index is 1.93. The van der Waals surface area contributed by atoms with Crippen molar-refractivity contribution in [2.75, 3.05) is 11.9 Å². The van der Waals surface area contributed by atoms with Crippen LogP contribution in [-0.4, -0.2) is 29.4 Å². The second-order valence-electron chi connectivity index (χ2n) is 4.68. The zero-order valence-corrected chi connectivity index (χ0v) is 13.8. The maximum Gasteiger partial charge on any atom is 0.338 e. The summed E-state index contributed by atoms with van der Waals surface area (Å²) >= 11 is 1.25. The minimum absolute atomic E-state index is 0.0814. The summed E-state index contributed by atoms with van der Waals surface area (Å²) in [4.78, 5) is 31.5. The number of guanidine groups is 1. The third kappa shape index (κ3) is 5.06. The number of thiazole rings is 1. The predicted molar refractivity (Wildman–Crippen MR) is 92.3 cm³/mol. The number of carbonyl (C=O) groups is 2. The van der Waals surface area contributed by atoms with Crippen molar-refractivity contribution in [2.24, 2.45) is 16.5 Å². The molecule has 0 bridgehead atoms. The molecule has 24 heavy (non-hydrogen) atoms. The van der Waals surface area contributed by atoms with Gasteiger partial charge < -0.3 is 21.5 Å². The molecule has 0 fully saturated rings. The van der Waals surface area contributed by atoms with Crippen LogP contribution in [0.3, 0.4) is 0 Å². The molecule has 0 saturated heterocycles. The molecule has 0 aliphatic rings. The Morgan fingerprint density at radius 2 is 2.00 bits per heavy atom. The lowest BCUT2D eigenvalue weighted by Crippen LogP contribution is -2.21. The number of benzene rings is 1. The lowest BCUT2D eigenvalue weighted by atomic mass is 10.2. The molecule has 0 spiro atoms. The number of anilines is 1. The summed E-state index contributed by atoms with van der Waals surface area (Å²) in [7, 11) is 0. The van der Waals surface area contributed by atoms with Gasteiger partial charge in [-0.2, -0.15) is 4.99 Å². The highest BCUT2D eigenvalue weighted by molar-refractivity contribution is 7.13. The fraction of sp³-hybridized carbons (Fsp3) is 0.200. The first-order valence-corrected chi connectivity index (χ1v) is 7.97. The monoisotopic (exact) mass is 347 g/mol. The van der Waals surface area contributed by atoms with Crippen LogP contribution in [0.1, 0.15) is 23.0 Å². The Hall–Kier alpha value is -2.94. The number of hydrogen-bond donors (Lipinski definition) is 3. The van der Waals surface area contributed by atoms with Crippen LogP contribution < -0.4 is 16.8 Å². The second kappa shape index (κ2) is 8.06. The molecule has 0 aliphatic heterocycles. The van der Waals surface area contributed by atoms with Gasteiger partial charge in [0.25, 0.3) is 0 Å². The quantitative estimate of drug-likeness (QED) is 0.411. The summed E-state index contributed by atoms with van der Waals surface area (Å²) in [6, 6.07) is 6.45. The molecule has 0 radical (unpaired) electrons. The van der Waals surface area contributed by atoms with Gasteiger partial charge in [-0.05, 0) is 31.2 Å². The van der Waals surface area contributed by atoms with Gasteiger partial charge in [0, 0.05) is 11.1 Å². The average molecular weight is 347 g/mol. The lowest BCUT2D eigenvalue weighted by Gasteiger charge is -2.05. The number of carbonyl (C=O) groups excluding carboxylic acids is 2. The number of ether oxygens (including phenoxy) is 1. The Morgan fingerprint density at radius 3 is 2.62 bits per heavy atom. The van der Waals surface area contributed by atoms with Crippen molar-refractivity contribution >= 4 is 40.0 Å². The minimum Gasteiger partial charge on any atom is -0.462 e. The highest BCUT2D eigenvalue weighted by Crippen LogP contribution is 2.19. The van der Waals surface area contributed by atoms with Crippen LogP contribution in [0.4, 0.5) is 10.8 Å². The lowest BCUT2D eigenvalue weighted by molar-refractivity contribution is -0.115. The summed E-state index contributed by atoms with van der Waals surface area (Å²) in [6.45, 7) is 2.05. The van der Waals surface area contributed by atoms with Gasteiger partial charge in [0.15, 0.2) is 5.96 Å². The molecule has 8 nitrogen and oxygen atoms in total. The largest absolute Gasteiger partial charge is 0.462 e. The van der Waals surface area contributed by atoms with Crippen LogP contribution in [0.25, 0.3) is 0 Å². The number of aliphatic imine (C=N–C) groups is 1. The van der Waals surface area contributed by atoms with Crippen molar-refractivity contribution in [1.82, 2.24) is 4.98 Å². The molecule has 1 heterocycles. The maximum absolute atomic E-state index is 12.0. The first-order valence-electron chi connectivity index (χ1n) is 7.09. The molecule has 0 saturated carbocycles. The summed E-state index contributed by atoms with van der Waals surface area (Å²) < 4.78 is 4.90. The number of amides is 1. The average Bonchev–Trinajstić information content (AvgIpc) is 2.94. The van der Waals surface area contributed by atoms with Gasteiger partial charge >= 0.3 is 5.97 Å². The van der Waals surface area contributed by atoms with E-state index in [1.165, 1.54) is 11.3 Å². The Bertz CT molecular complexity index is 751. The Morgan fingerprint density at radius 1 is 1.29 bits per heavy atom. The zero-order chi connectivity index (χ0) is 17.5. The fourth-order valence-corrected chi connectivity index (χ4v) is 2.52. The van der Waals surface area contributed by atoms with Gasteiger partial charge in [-0.1, -0.05) is 0 Å². The maximum atomic E-state index is 12.0. The van der Waals surface area contributed by atoms with Crippen LogP contribution in [0.2, 0.25) is 0 Å². The number of nitrogens with zero attached hydrogens (tertiary/aromatic N) is 2. The minimum atomic E-state index is -0.398. The molecular formula is C15H17N5O3S. The summed E-state index contributed by atoms with van der Waals surface area (Å²) in [5.74, 6) is -0.715. The number of esters is 1. The molecule has 1 aromatic carbocycles. The van der Waals surface area contributed by atoms with E-state index in [1.54, 1.807) is 36.6 Å². The van der Waals surface area contributed by atoms with Crippen molar-refractivity contribution in [1.29, 1.82) is 0 Å². The van der Waals surface area contributed by atoms with Crippen molar-refractivity contribution in [2.45, 2.75) is 13.3 Å². The molecule has 0 atom stereocenters. The van der Waals surface area contributed by atoms with Crippen molar-refractivity contribution in [3.05, 3.63) is 40.9 Å². The molecule has 0 unspecified atom stereocenters. The van der Waals surface area contributed by atoms with Gasteiger partial charge in [0.05, 0.1) is 24.3 Å². The van der Waals surface area contributed by atoms with Crippen molar-refractivity contribution in [3.63, 3.8) is 0 Å². The number of aromatic nitrogens is 1. The van der Waals surface area contributed by atoms with E-state index in [-0.39, 0.29) is 18.3 Å². The van der Waals surface area contributed by atoms with Crippen LogP contribution in [0.15, 0.2) is 34.6 Å². The molecule has 0 aliphatic carbocycles. The number of hydrogen-bond acceptors (Lipinski definition) is 6. The van der Waals surface area contributed by atoms with Gasteiger partial charge in [-0.25, -0.2) is 9.78 Å². The molecule has 9 heteroatoms. The SMILES string of the molecule is CCOC(=O)c1ccc(NC(=O)Cc2csc(N=C(N)N)n2)cc1. The summed E-state index contributed by atoms with van der Waals surface area (Å²) in [5, 5.41) is 4.84. The van der Waals surface area contributed by atoms with E-state index < -0.39 is 5.97 Å². The van der Waals surface area contributed by atoms with Crippen molar-refractivity contribution in [3.8, 4) is 0 Å². The first kappa shape index (κ1) is 17.4. The first-order chi connectivity index (χ1) is 11.5. The summed E-state index contributed by atoms with van der Waals surface area (Å²) in [5.41, 5.74) is 12.1. The smallest absolute Gasteiger partial charge is 0.338 e. The number of rotatable bonds is 6. The van der Waals surface area contributed by atoms with Crippen LogP contribution in [-0.2, 0) is 16.0 Å². The molecular weight excluding hydrogens is 330 g/mol. The molecule has 5 N–H and O–H groups in total. The van der Waals surface area contributed by atoms with E-state index in [4.69, 9.17) is 16.2 Å². The normalized spacial score (nSPS) is 10.0. The van der Waals surface area contributed by atoms with E-state index in [1.807, 2.05) is 0 Å². The highest BCUT2D eigenvalue weighted by atomic mass is 32.1. The third-order valence-corrected chi connectivity index (χ3v) is 3.57.